The summed E-state index contributed by atoms with van der Waals surface area (Å²) < 4.78 is 4.95. The van der Waals surface area contributed by atoms with Crippen LogP contribution in [0.1, 0.15) is 37.0 Å². The van der Waals surface area contributed by atoms with E-state index in [2.05, 4.69) is 10.3 Å². The molecule has 0 saturated heterocycles. The molecule has 1 atom stereocenters. The zero-order chi connectivity index (χ0) is 15.0. The van der Waals surface area contributed by atoms with E-state index in [0.29, 0.717) is 37.4 Å². The Bertz CT molecular complexity index is 462. The summed E-state index contributed by atoms with van der Waals surface area (Å²) in [7, 11) is 0. The molecule has 0 fully saturated rings. The summed E-state index contributed by atoms with van der Waals surface area (Å²) >= 11 is 0. The fraction of sp³-hybridized carbons (Fsp3) is 0.500. The van der Waals surface area contributed by atoms with Gasteiger partial charge in [-0.15, -0.1) is 0 Å². The lowest BCUT2D eigenvalue weighted by Crippen LogP contribution is -2.14. The minimum absolute atomic E-state index is 0.309. The molecule has 0 aliphatic rings. The summed E-state index contributed by atoms with van der Waals surface area (Å²) in [6, 6.07) is 3.32. The minimum Gasteiger partial charge on any atom is -0.481 e. The molecule has 1 heterocycles. The number of pyridine rings is 1. The summed E-state index contributed by atoms with van der Waals surface area (Å²) in [5.74, 6) is -1.11. The fourth-order valence-electron chi connectivity index (χ4n) is 1.66. The number of rotatable bonds is 8. The second kappa shape index (κ2) is 8.14. The Balaban J connectivity index is 2.51. The van der Waals surface area contributed by atoms with Crippen molar-refractivity contribution in [1.82, 2.24) is 4.98 Å². The second-order valence-corrected chi connectivity index (χ2v) is 4.43. The van der Waals surface area contributed by atoms with Crippen molar-refractivity contribution >= 4 is 17.8 Å². The average Bonchev–Trinajstić information content (AvgIpc) is 2.43. The van der Waals surface area contributed by atoms with Gasteiger partial charge in [-0.05, 0) is 31.9 Å². The van der Waals surface area contributed by atoms with E-state index in [9.17, 15) is 9.59 Å². The number of hydrogen-bond donors (Lipinski definition) is 2. The molecular formula is C14H20N2O4. The molecule has 0 radical (unpaired) electrons. The van der Waals surface area contributed by atoms with Gasteiger partial charge >= 0.3 is 11.9 Å². The Kier molecular flexibility index (Phi) is 6.49. The smallest absolute Gasteiger partial charge is 0.341 e. The van der Waals surface area contributed by atoms with Crippen molar-refractivity contribution in [2.75, 3.05) is 18.5 Å². The van der Waals surface area contributed by atoms with Gasteiger partial charge in [-0.2, -0.15) is 0 Å². The second-order valence-electron chi connectivity index (χ2n) is 4.43. The van der Waals surface area contributed by atoms with Crippen LogP contribution < -0.4 is 5.32 Å². The number of ether oxygens (including phenoxy) is 1. The molecule has 0 aliphatic carbocycles. The number of carbonyl (C=O) groups excluding carboxylic acids is 1. The first kappa shape index (κ1) is 15.9. The number of hydrogen-bond acceptors (Lipinski definition) is 5. The fourth-order valence-corrected chi connectivity index (χ4v) is 1.66. The Hall–Kier alpha value is -2.11. The Morgan fingerprint density at radius 2 is 2.25 bits per heavy atom. The predicted octanol–water partition coefficient (Wildman–Crippen LogP) is 2.17. The molecule has 0 aromatic carbocycles. The van der Waals surface area contributed by atoms with Crippen LogP contribution in [-0.4, -0.2) is 35.2 Å². The average molecular weight is 280 g/mol. The molecule has 0 bridgehead atoms. The molecule has 1 aromatic rings. The first-order chi connectivity index (χ1) is 9.56. The van der Waals surface area contributed by atoms with Crippen molar-refractivity contribution in [2.24, 2.45) is 5.92 Å². The van der Waals surface area contributed by atoms with Crippen molar-refractivity contribution < 1.29 is 19.4 Å². The Morgan fingerprint density at radius 3 is 2.90 bits per heavy atom. The predicted molar refractivity (Wildman–Crippen MR) is 74.7 cm³/mol. The summed E-state index contributed by atoms with van der Waals surface area (Å²) in [5, 5.41) is 11.8. The monoisotopic (exact) mass is 280 g/mol. The van der Waals surface area contributed by atoms with Gasteiger partial charge in [0.15, 0.2) is 0 Å². The minimum atomic E-state index is -0.796. The van der Waals surface area contributed by atoms with Gasteiger partial charge in [-0.1, -0.05) is 6.92 Å². The molecule has 6 heteroatoms. The molecule has 20 heavy (non-hydrogen) atoms. The highest BCUT2D eigenvalue weighted by molar-refractivity contribution is 5.94. The molecule has 1 aromatic heterocycles. The standard InChI is InChI=1S/C14H20N2O4/c1-3-20-14(19)11-7-5-9-16-12(11)15-8-4-6-10(2)13(17)18/h5,7,9-10H,3-4,6,8H2,1-2H3,(H,15,16)(H,17,18). The summed E-state index contributed by atoms with van der Waals surface area (Å²) in [4.78, 5) is 26.5. The van der Waals surface area contributed by atoms with Crippen LogP contribution in [0, 0.1) is 5.92 Å². The number of nitrogens with one attached hydrogen (secondary N) is 1. The zero-order valence-electron chi connectivity index (χ0n) is 11.8. The van der Waals surface area contributed by atoms with Crippen LogP contribution in [-0.2, 0) is 9.53 Å². The van der Waals surface area contributed by atoms with Gasteiger partial charge in [0, 0.05) is 12.7 Å². The van der Waals surface area contributed by atoms with Crippen LogP contribution in [0.15, 0.2) is 18.3 Å². The lowest BCUT2D eigenvalue weighted by Gasteiger charge is -2.10. The van der Waals surface area contributed by atoms with Gasteiger partial charge in [0.05, 0.1) is 12.5 Å². The number of carboxylic acid groups (broad SMARTS) is 1. The molecule has 6 nitrogen and oxygen atoms in total. The third kappa shape index (κ3) is 4.87. The van der Waals surface area contributed by atoms with Crippen LogP contribution >= 0.6 is 0 Å². The van der Waals surface area contributed by atoms with E-state index < -0.39 is 11.9 Å². The molecule has 1 unspecified atom stereocenters. The highest BCUT2D eigenvalue weighted by atomic mass is 16.5. The first-order valence-corrected chi connectivity index (χ1v) is 6.65. The molecule has 110 valence electrons. The highest BCUT2D eigenvalue weighted by Gasteiger charge is 2.13. The summed E-state index contributed by atoms with van der Waals surface area (Å²) in [6.45, 7) is 4.28. The van der Waals surface area contributed by atoms with Gasteiger partial charge in [-0.3, -0.25) is 4.79 Å². The number of aliphatic carboxylic acids is 1. The van der Waals surface area contributed by atoms with Gasteiger partial charge in [0.2, 0.25) is 0 Å². The van der Waals surface area contributed by atoms with E-state index in [1.54, 1.807) is 32.2 Å². The molecule has 0 aliphatic heterocycles. The SMILES string of the molecule is CCOC(=O)c1cccnc1NCCCC(C)C(=O)O. The molecular weight excluding hydrogens is 260 g/mol. The maximum Gasteiger partial charge on any atom is 0.341 e. The van der Waals surface area contributed by atoms with Crippen molar-refractivity contribution in [1.29, 1.82) is 0 Å². The van der Waals surface area contributed by atoms with E-state index in [-0.39, 0.29) is 5.92 Å². The van der Waals surface area contributed by atoms with Gasteiger partial charge in [-0.25, -0.2) is 9.78 Å². The van der Waals surface area contributed by atoms with Gasteiger partial charge in [0.1, 0.15) is 11.4 Å². The van der Waals surface area contributed by atoms with E-state index in [1.165, 1.54) is 0 Å². The lowest BCUT2D eigenvalue weighted by molar-refractivity contribution is -0.141. The third-order valence-corrected chi connectivity index (χ3v) is 2.83. The van der Waals surface area contributed by atoms with Crippen molar-refractivity contribution in [2.45, 2.75) is 26.7 Å². The van der Waals surface area contributed by atoms with Gasteiger partial charge < -0.3 is 15.2 Å². The lowest BCUT2D eigenvalue weighted by atomic mass is 10.1. The first-order valence-electron chi connectivity index (χ1n) is 6.65. The van der Waals surface area contributed by atoms with Crippen LogP contribution in [0.3, 0.4) is 0 Å². The maximum absolute atomic E-state index is 11.7. The van der Waals surface area contributed by atoms with Crippen LogP contribution in [0.2, 0.25) is 0 Å². The van der Waals surface area contributed by atoms with Crippen LogP contribution in [0.5, 0.6) is 0 Å². The molecule has 0 saturated carbocycles. The van der Waals surface area contributed by atoms with E-state index in [0.717, 1.165) is 0 Å². The summed E-state index contributed by atoms with van der Waals surface area (Å²) in [5.41, 5.74) is 0.389. The number of anilines is 1. The topological polar surface area (TPSA) is 88.5 Å². The van der Waals surface area contributed by atoms with Crippen LogP contribution in [0.4, 0.5) is 5.82 Å². The highest BCUT2D eigenvalue weighted by Crippen LogP contribution is 2.13. The number of carbonyl (C=O) groups is 2. The van der Waals surface area contributed by atoms with Gasteiger partial charge in [0.25, 0.3) is 0 Å². The van der Waals surface area contributed by atoms with Crippen molar-refractivity contribution in [3.8, 4) is 0 Å². The number of carboxylic acids is 1. The number of aromatic nitrogens is 1. The van der Waals surface area contributed by atoms with E-state index in [4.69, 9.17) is 9.84 Å². The summed E-state index contributed by atoms with van der Waals surface area (Å²) in [6.07, 6.45) is 2.85. The molecule has 2 N–H and O–H groups in total. The Morgan fingerprint density at radius 1 is 1.50 bits per heavy atom. The Labute approximate surface area is 118 Å². The number of esters is 1. The largest absolute Gasteiger partial charge is 0.481 e. The molecule has 1 rings (SSSR count). The third-order valence-electron chi connectivity index (χ3n) is 2.83. The zero-order valence-corrected chi connectivity index (χ0v) is 11.8. The van der Waals surface area contributed by atoms with E-state index in [1.807, 2.05) is 0 Å². The molecule has 0 amide bonds. The van der Waals surface area contributed by atoms with Crippen LogP contribution in [0.25, 0.3) is 0 Å². The normalized spacial score (nSPS) is 11.7. The number of nitrogens with zero attached hydrogens (tertiary/aromatic N) is 1. The molecule has 0 spiro atoms. The maximum atomic E-state index is 11.7. The van der Waals surface area contributed by atoms with Crippen molar-refractivity contribution in [3.05, 3.63) is 23.9 Å². The van der Waals surface area contributed by atoms with Crippen molar-refractivity contribution in [3.63, 3.8) is 0 Å². The quantitative estimate of drug-likeness (QED) is 0.560. The van der Waals surface area contributed by atoms with E-state index >= 15 is 0 Å².